The second-order valence-corrected chi connectivity index (χ2v) is 6.25. The first kappa shape index (κ1) is 6.76. The average molecular weight is 188 g/mol. The lowest BCUT2D eigenvalue weighted by atomic mass is 9.49. The highest BCUT2D eigenvalue weighted by Crippen LogP contribution is 2.84. The molecule has 2 heteroatoms. The van der Waals surface area contributed by atoms with Gasteiger partial charge in [-0.05, 0) is 30.1 Å². The molecule has 0 radical (unpaired) electrons. The van der Waals surface area contributed by atoms with Gasteiger partial charge < -0.3 is 0 Å². The Morgan fingerprint density at radius 1 is 1.21 bits per heavy atom. The SMILES string of the molecule is C[C@@]12C(=O)[C@H]3[C@@H]4C[C@H]5[C@@H]3C(=O)[C@H]1[C@H]5[C@@H]42. The molecule has 5 saturated carbocycles. The fourth-order valence-corrected chi connectivity index (χ4v) is 6.36. The van der Waals surface area contributed by atoms with Crippen molar-refractivity contribution in [1.29, 1.82) is 0 Å². The molecule has 5 aliphatic carbocycles. The zero-order chi connectivity index (χ0) is 9.40. The number of hydrogen-bond donors (Lipinski definition) is 0. The molecule has 72 valence electrons. The largest absolute Gasteiger partial charge is 0.299 e. The second kappa shape index (κ2) is 1.43. The van der Waals surface area contributed by atoms with E-state index in [2.05, 4.69) is 6.92 Å². The quantitative estimate of drug-likeness (QED) is 0.566. The monoisotopic (exact) mass is 188 g/mol. The maximum absolute atomic E-state index is 12.2. The number of fused-ring (bicyclic) bond motifs is 2. The highest BCUT2D eigenvalue weighted by molar-refractivity contribution is 6.08. The van der Waals surface area contributed by atoms with E-state index in [0.29, 0.717) is 35.2 Å². The zero-order valence-electron chi connectivity index (χ0n) is 8.07. The predicted molar refractivity (Wildman–Crippen MR) is 47.2 cm³/mol. The van der Waals surface area contributed by atoms with Crippen molar-refractivity contribution in [3.8, 4) is 0 Å². The molecule has 2 nitrogen and oxygen atoms in total. The molecule has 0 aliphatic heterocycles. The number of carbonyl (C=O) groups excluding carboxylic acids is 2. The Balaban J connectivity index is 1.93. The van der Waals surface area contributed by atoms with Crippen molar-refractivity contribution in [3.63, 3.8) is 0 Å². The van der Waals surface area contributed by atoms with Crippen LogP contribution in [0, 0.1) is 46.8 Å². The standard InChI is InChI=1S/C12H12O2/c1-12-8-4-2-3-5(6(4)11(12)14)10(13)9(12)7(3)8/h3-9H,2H2,1H3/t3-,4-,5-,6-,7+,8+,9+,12-/m0/s1. The number of rotatable bonds is 0. The van der Waals surface area contributed by atoms with E-state index in [9.17, 15) is 9.59 Å². The van der Waals surface area contributed by atoms with Gasteiger partial charge in [0.15, 0.2) is 0 Å². The number of Topliss-reactive ketones (excluding diaryl/α,β-unsaturated/α-hetero) is 2. The first-order chi connectivity index (χ1) is 6.67. The molecule has 0 aromatic rings. The molecule has 0 amide bonds. The molecule has 14 heavy (non-hydrogen) atoms. The van der Waals surface area contributed by atoms with Gasteiger partial charge in [0.1, 0.15) is 11.6 Å². The maximum atomic E-state index is 12.2. The fraction of sp³-hybridized carbons (Fsp3) is 0.833. The van der Waals surface area contributed by atoms with E-state index in [4.69, 9.17) is 0 Å². The van der Waals surface area contributed by atoms with E-state index < -0.39 is 0 Å². The summed E-state index contributed by atoms with van der Waals surface area (Å²) in [6, 6.07) is 0. The molecule has 0 heterocycles. The van der Waals surface area contributed by atoms with Crippen molar-refractivity contribution in [1.82, 2.24) is 0 Å². The van der Waals surface area contributed by atoms with Gasteiger partial charge in [-0.25, -0.2) is 0 Å². The molecule has 2 bridgehead atoms. The van der Waals surface area contributed by atoms with Crippen molar-refractivity contribution >= 4 is 11.6 Å². The van der Waals surface area contributed by atoms with Crippen molar-refractivity contribution in [3.05, 3.63) is 0 Å². The van der Waals surface area contributed by atoms with Crippen molar-refractivity contribution in [2.24, 2.45) is 46.8 Å². The van der Waals surface area contributed by atoms with Crippen LogP contribution in [0.25, 0.3) is 0 Å². The van der Waals surface area contributed by atoms with Gasteiger partial charge in [-0.3, -0.25) is 9.59 Å². The Morgan fingerprint density at radius 2 is 2.00 bits per heavy atom. The highest BCUT2D eigenvalue weighted by Gasteiger charge is 2.88. The normalized spacial score (nSPS) is 75.1. The van der Waals surface area contributed by atoms with Crippen LogP contribution in [0.1, 0.15) is 13.3 Å². The van der Waals surface area contributed by atoms with Gasteiger partial charge in [-0.2, -0.15) is 0 Å². The summed E-state index contributed by atoms with van der Waals surface area (Å²) in [4.78, 5) is 24.3. The molecule has 0 aromatic carbocycles. The zero-order valence-corrected chi connectivity index (χ0v) is 8.07. The van der Waals surface area contributed by atoms with Crippen molar-refractivity contribution in [2.75, 3.05) is 0 Å². The van der Waals surface area contributed by atoms with E-state index >= 15 is 0 Å². The van der Waals surface area contributed by atoms with Gasteiger partial charge in [-0.15, -0.1) is 0 Å². The summed E-state index contributed by atoms with van der Waals surface area (Å²) < 4.78 is 0. The first-order valence-electron chi connectivity index (χ1n) is 5.75. The van der Waals surface area contributed by atoms with Crippen LogP contribution in [-0.4, -0.2) is 11.6 Å². The molecule has 0 spiro atoms. The Labute approximate surface area is 82.0 Å². The van der Waals surface area contributed by atoms with Gasteiger partial charge in [0, 0.05) is 23.2 Å². The summed E-state index contributed by atoms with van der Waals surface area (Å²) in [6.07, 6.45) is 1.20. The Bertz CT molecular complexity index is 422. The lowest BCUT2D eigenvalue weighted by Gasteiger charge is -2.51. The Hall–Kier alpha value is -0.660. The maximum Gasteiger partial charge on any atom is 0.143 e. The summed E-state index contributed by atoms with van der Waals surface area (Å²) in [7, 11) is 0. The van der Waals surface area contributed by atoms with Gasteiger partial charge in [-0.1, -0.05) is 6.92 Å². The Morgan fingerprint density at radius 3 is 2.79 bits per heavy atom. The molecule has 5 rings (SSSR count). The summed E-state index contributed by atoms with van der Waals surface area (Å²) >= 11 is 0. The van der Waals surface area contributed by atoms with Crippen LogP contribution in [0.15, 0.2) is 0 Å². The van der Waals surface area contributed by atoms with E-state index in [1.807, 2.05) is 0 Å². The van der Waals surface area contributed by atoms with Crippen LogP contribution in [0.4, 0.5) is 0 Å². The molecular weight excluding hydrogens is 176 g/mol. The molecule has 0 N–H and O–H groups in total. The first-order valence-corrected chi connectivity index (χ1v) is 5.75. The summed E-state index contributed by atoms with van der Waals surface area (Å²) in [5, 5.41) is 0. The molecule has 0 unspecified atom stereocenters. The van der Waals surface area contributed by atoms with Gasteiger partial charge in [0.2, 0.25) is 0 Å². The fourth-order valence-electron chi connectivity index (χ4n) is 6.36. The van der Waals surface area contributed by atoms with Crippen LogP contribution < -0.4 is 0 Å². The third-order valence-electron chi connectivity index (χ3n) is 6.42. The van der Waals surface area contributed by atoms with Crippen LogP contribution in [0.5, 0.6) is 0 Å². The summed E-state index contributed by atoms with van der Waals surface area (Å²) in [5.41, 5.74) is -0.182. The molecule has 5 aliphatic rings. The van der Waals surface area contributed by atoms with E-state index in [0.717, 1.165) is 0 Å². The lowest BCUT2D eigenvalue weighted by molar-refractivity contribution is -0.158. The number of hydrogen-bond acceptors (Lipinski definition) is 2. The van der Waals surface area contributed by atoms with Gasteiger partial charge in [0.25, 0.3) is 0 Å². The number of ketones is 2. The number of carbonyl (C=O) groups is 2. The van der Waals surface area contributed by atoms with Crippen LogP contribution in [-0.2, 0) is 9.59 Å². The minimum atomic E-state index is -0.182. The predicted octanol–water partition coefficient (Wildman–Crippen LogP) is 0.902. The second-order valence-electron chi connectivity index (χ2n) is 6.25. The molecule has 0 aromatic heterocycles. The average Bonchev–Trinajstić information content (AvgIpc) is 2.67. The highest BCUT2D eigenvalue weighted by atomic mass is 16.1. The van der Waals surface area contributed by atoms with Crippen LogP contribution in [0.2, 0.25) is 0 Å². The molecule has 5 fully saturated rings. The summed E-state index contributed by atoms with van der Waals surface area (Å²) in [5.74, 6) is 4.00. The van der Waals surface area contributed by atoms with Gasteiger partial charge >= 0.3 is 0 Å². The topological polar surface area (TPSA) is 34.1 Å². The third-order valence-corrected chi connectivity index (χ3v) is 6.42. The van der Waals surface area contributed by atoms with Gasteiger partial charge in [0.05, 0.1) is 0 Å². The summed E-state index contributed by atoms with van der Waals surface area (Å²) in [6.45, 7) is 2.08. The third kappa shape index (κ3) is 0.322. The molecular formula is C12H12O2. The van der Waals surface area contributed by atoms with E-state index in [-0.39, 0.29) is 23.2 Å². The minimum absolute atomic E-state index is 0.166. The van der Waals surface area contributed by atoms with E-state index in [1.54, 1.807) is 0 Å². The van der Waals surface area contributed by atoms with Crippen molar-refractivity contribution < 1.29 is 9.59 Å². The van der Waals surface area contributed by atoms with Crippen LogP contribution in [0.3, 0.4) is 0 Å². The smallest absolute Gasteiger partial charge is 0.143 e. The lowest BCUT2D eigenvalue weighted by Crippen LogP contribution is -2.57. The minimum Gasteiger partial charge on any atom is -0.299 e. The van der Waals surface area contributed by atoms with Crippen molar-refractivity contribution in [2.45, 2.75) is 13.3 Å². The molecule has 8 atom stereocenters. The Kier molecular flexibility index (Phi) is 0.689. The van der Waals surface area contributed by atoms with E-state index in [1.165, 1.54) is 6.42 Å². The molecule has 0 saturated heterocycles. The van der Waals surface area contributed by atoms with Crippen LogP contribution >= 0.6 is 0 Å².